The van der Waals surface area contributed by atoms with E-state index in [1.807, 2.05) is 7.05 Å². The molecule has 180 valence electrons. The topological polar surface area (TPSA) is 123 Å². The van der Waals surface area contributed by atoms with Crippen molar-refractivity contribution in [1.29, 1.82) is 0 Å². The first-order chi connectivity index (χ1) is 16.5. The molecular weight excluding hydrogens is 458 g/mol. The molecule has 12 heteroatoms. The summed E-state index contributed by atoms with van der Waals surface area (Å²) < 4.78 is 7.09. The van der Waals surface area contributed by atoms with E-state index in [-0.39, 0.29) is 29.5 Å². The van der Waals surface area contributed by atoms with Crippen LogP contribution in [0.25, 0.3) is 0 Å². The zero-order valence-electron chi connectivity index (χ0n) is 19.0. The highest BCUT2D eigenvalue weighted by Crippen LogP contribution is 2.40. The third-order valence-electron chi connectivity index (χ3n) is 6.91. The fourth-order valence-corrected chi connectivity index (χ4v) is 5.99. The van der Waals surface area contributed by atoms with Crippen LogP contribution < -0.4 is 9.64 Å². The molecule has 3 fully saturated rings. The minimum Gasteiger partial charge on any atom is -0.391 e. The Hall–Kier alpha value is -3.02. The number of carbonyl (C=O) groups is 3. The molecule has 5 rings (SSSR count). The molecule has 0 spiro atoms. The molecule has 34 heavy (non-hydrogen) atoms. The molecule has 0 N–H and O–H groups in total. The van der Waals surface area contributed by atoms with Crippen LogP contribution in [0.4, 0.5) is 10.5 Å². The lowest BCUT2D eigenvalue weighted by Gasteiger charge is -2.30. The third kappa shape index (κ3) is 4.50. The number of fused-ring (bicyclic) bond motifs is 1. The highest BCUT2D eigenvalue weighted by Gasteiger charge is 2.48. The smallest absolute Gasteiger partial charge is 0.391 e. The molecule has 2 saturated heterocycles. The second kappa shape index (κ2) is 9.69. The van der Waals surface area contributed by atoms with Crippen molar-refractivity contribution < 1.29 is 19.1 Å². The van der Waals surface area contributed by atoms with Crippen molar-refractivity contribution in [2.24, 2.45) is 24.8 Å². The first-order valence-electron chi connectivity index (χ1n) is 11.7. The van der Waals surface area contributed by atoms with Gasteiger partial charge in [0.05, 0.1) is 23.7 Å². The minimum atomic E-state index is -0.441. The molecule has 0 radical (unpaired) electrons. The van der Waals surface area contributed by atoms with Gasteiger partial charge < -0.3 is 9.64 Å². The summed E-state index contributed by atoms with van der Waals surface area (Å²) in [4.78, 5) is 45.2. The number of aromatic nitrogens is 5. The number of nitrogens with zero attached hydrogens (tertiary/aromatic N) is 7. The van der Waals surface area contributed by atoms with Gasteiger partial charge >= 0.3 is 6.09 Å². The summed E-state index contributed by atoms with van der Waals surface area (Å²) in [6.45, 7) is 1.22. The summed E-state index contributed by atoms with van der Waals surface area (Å²) in [6.07, 6.45) is 6.24. The van der Waals surface area contributed by atoms with Crippen molar-refractivity contribution in [3.05, 3.63) is 18.3 Å². The predicted octanol–water partition coefficient (Wildman–Crippen LogP) is 2.29. The number of hydrogen-bond donors (Lipinski definition) is 0. The monoisotopic (exact) mass is 485 g/mol. The average Bonchev–Trinajstić information content (AvgIpc) is 3.39. The van der Waals surface area contributed by atoms with Crippen LogP contribution in [0, 0.1) is 17.8 Å². The van der Waals surface area contributed by atoms with Crippen LogP contribution in [-0.2, 0) is 16.6 Å². The van der Waals surface area contributed by atoms with Crippen molar-refractivity contribution in [2.45, 2.75) is 43.7 Å². The number of piperidine rings is 1. The Morgan fingerprint density at radius 3 is 2.38 bits per heavy atom. The Bertz CT molecular complexity index is 1040. The number of likely N-dealkylation sites (tertiary alicyclic amines) is 1. The van der Waals surface area contributed by atoms with Crippen LogP contribution in [0.5, 0.6) is 5.88 Å². The molecule has 0 bridgehead atoms. The van der Waals surface area contributed by atoms with E-state index in [4.69, 9.17) is 4.74 Å². The van der Waals surface area contributed by atoms with Crippen molar-refractivity contribution in [3.63, 3.8) is 0 Å². The minimum absolute atomic E-state index is 0.141. The molecular formula is C22H27N7O4S. The predicted molar refractivity (Wildman–Crippen MR) is 122 cm³/mol. The van der Waals surface area contributed by atoms with Gasteiger partial charge in [0.1, 0.15) is 0 Å². The van der Waals surface area contributed by atoms with Gasteiger partial charge in [0.2, 0.25) is 22.9 Å². The number of tetrazole rings is 1. The first-order valence-corrected chi connectivity index (χ1v) is 12.7. The zero-order valence-corrected chi connectivity index (χ0v) is 19.8. The summed E-state index contributed by atoms with van der Waals surface area (Å²) >= 11 is 1.62. The van der Waals surface area contributed by atoms with Gasteiger partial charge in [-0.25, -0.2) is 19.4 Å². The summed E-state index contributed by atoms with van der Waals surface area (Å²) in [6, 6.07) is 3.15. The maximum absolute atomic E-state index is 12.7. The number of aryl methyl sites for hydroxylation is 1. The number of rotatable bonds is 5. The number of pyridine rings is 1. The maximum atomic E-state index is 12.7. The van der Waals surface area contributed by atoms with Gasteiger partial charge in [-0.15, -0.1) is 5.10 Å². The second-order valence-electron chi connectivity index (χ2n) is 9.06. The van der Waals surface area contributed by atoms with Gasteiger partial charge in [-0.05, 0) is 48.1 Å². The van der Waals surface area contributed by atoms with E-state index >= 15 is 0 Å². The standard InChI is InChI=1S/C22H27N7O4S/c1-27-21(24-25-26-27)34-13-14-8-10-28(11-9-14)22(32)33-18-7-6-15(12-23-18)29-19(30)16-4-2-3-5-17(16)20(29)31/h6-7,12,14,16-17H,2-5,8-11,13H2,1H3. The van der Waals surface area contributed by atoms with Crippen molar-refractivity contribution in [2.75, 3.05) is 23.7 Å². The van der Waals surface area contributed by atoms with E-state index < -0.39 is 6.09 Å². The molecule has 11 nitrogen and oxygen atoms in total. The lowest BCUT2D eigenvalue weighted by molar-refractivity contribution is -0.122. The van der Waals surface area contributed by atoms with E-state index in [1.165, 1.54) is 17.2 Å². The Kier molecular flexibility index (Phi) is 6.48. The quantitative estimate of drug-likeness (QED) is 0.463. The van der Waals surface area contributed by atoms with Crippen molar-refractivity contribution in [3.8, 4) is 5.88 Å². The van der Waals surface area contributed by atoms with Crippen molar-refractivity contribution >= 4 is 35.4 Å². The SMILES string of the molecule is Cn1nnnc1SCC1CCN(C(=O)Oc2ccc(N3C(=O)C4CCCCC4C3=O)cn2)CC1. The third-order valence-corrected chi connectivity index (χ3v) is 8.16. The van der Waals surface area contributed by atoms with E-state index in [0.717, 1.165) is 49.4 Å². The van der Waals surface area contributed by atoms with Crippen molar-refractivity contribution in [1.82, 2.24) is 30.1 Å². The van der Waals surface area contributed by atoms with Gasteiger partial charge in [-0.3, -0.25) is 9.59 Å². The van der Waals surface area contributed by atoms with Gasteiger partial charge in [-0.1, -0.05) is 24.6 Å². The van der Waals surface area contributed by atoms with Crippen LogP contribution >= 0.6 is 11.8 Å². The summed E-state index contributed by atoms with van der Waals surface area (Å²) in [5, 5.41) is 12.2. The molecule has 3 amide bonds. The Morgan fingerprint density at radius 2 is 1.79 bits per heavy atom. The number of anilines is 1. The molecule has 1 saturated carbocycles. The molecule has 3 aliphatic rings. The summed E-state index contributed by atoms with van der Waals surface area (Å²) in [7, 11) is 1.81. The van der Waals surface area contributed by atoms with Crippen LogP contribution in [-0.4, -0.2) is 66.8 Å². The number of ether oxygens (including phenoxy) is 1. The maximum Gasteiger partial charge on any atom is 0.416 e. The lowest BCUT2D eigenvalue weighted by Crippen LogP contribution is -2.40. The van der Waals surface area contributed by atoms with E-state index in [1.54, 1.807) is 27.4 Å². The van der Waals surface area contributed by atoms with E-state index in [0.29, 0.717) is 24.7 Å². The second-order valence-corrected chi connectivity index (χ2v) is 10.0. The number of thioether (sulfide) groups is 1. The largest absolute Gasteiger partial charge is 0.416 e. The Morgan fingerprint density at radius 1 is 1.09 bits per heavy atom. The number of imide groups is 1. The van der Waals surface area contributed by atoms with Gasteiger partial charge in [0, 0.05) is 32.0 Å². The van der Waals surface area contributed by atoms with Crippen LogP contribution in [0.1, 0.15) is 38.5 Å². The fourth-order valence-electron chi connectivity index (χ4n) is 4.95. The van der Waals surface area contributed by atoms with Gasteiger partial charge in [0.15, 0.2) is 0 Å². The summed E-state index contributed by atoms with van der Waals surface area (Å²) in [5.74, 6) is 0.820. The molecule has 4 heterocycles. The van der Waals surface area contributed by atoms with Gasteiger partial charge in [0.25, 0.3) is 0 Å². The molecule has 2 atom stereocenters. The fraction of sp³-hybridized carbons (Fsp3) is 0.591. The molecule has 2 aliphatic heterocycles. The highest BCUT2D eigenvalue weighted by atomic mass is 32.2. The van der Waals surface area contributed by atoms with E-state index in [2.05, 4.69) is 20.5 Å². The number of carbonyl (C=O) groups excluding carboxylic acids is 3. The normalized spacial score (nSPS) is 23.3. The lowest BCUT2D eigenvalue weighted by atomic mass is 9.81. The number of amides is 3. The van der Waals surface area contributed by atoms with Crippen LogP contribution in [0.2, 0.25) is 0 Å². The van der Waals surface area contributed by atoms with Crippen LogP contribution in [0.15, 0.2) is 23.5 Å². The molecule has 2 aromatic rings. The Labute approximate surface area is 201 Å². The molecule has 0 aromatic carbocycles. The molecule has 1 aliphatic carbocycles. The molecule has 2 unspecified atom stereocenters. The molecule has 2 aromatic heterocycles. The van der Waals surface area contributed by atoms with Gasteiger partial charge in [-0.2, -0.15) is 0 Å². The average molecular weight is 486 g/mol. The first kappa shape index (κ1) is 22.8. The zero-order chi connectivity index (χ0) is 23.7. The summed E-state index contributed by atoms with van der Waals surface area (Å²) in [5.41, 5.74) is 0.431. The Balaban J connectivity index is 1.12. The van der Waals surface area contributed by atoms with Crippen LogP contribution in [0.3, 0.4) is 0 Å². The number of hydrogen-bond acceptors (Lipinski definition) is 9. The van der Waals surface area contributed by atoms with E-state index in [9.17, 15) is 14.4 Å². The highest BCUT2D eigenvalue weighted by molar-refractivity contribution is 7.99.